The minimum atomic E-state index is -0.559. The molecule has 27 heavy (non-hydrogen) atoms. The number of aryl methyl sites for hydroxylation is 1. The first-order chi connectivity index (χ1) is 12.3. The van der Waals surface area contributed by atoms with E-state index in [1.165, 1.54) is 11.1 Å². The lowest BCUT2D eigenvalue weighted by Crippen LogP contribution is -2.48. The Kier molecular flexibility index (Phi) is 6.44. The average molecular weight is 411 g/mol. The zero-order valence-electron chi connectivity index (χ0n) is 15.1. The van der Waals surface area contributed by atoms with Crippen molar-refractivity contribution in [3.63, 3.8) is 0 Å². The van der Waals surface area contributed by atoms with Crippen LogP contribution in [0.5, 0.6) is 0 Å². The smallest absolute Gasteiger partial charge is 0.231 e. The first kappa shape index (κ1) is 21.1. The third kappa shape index (κ3) is 4.76. The summed E-state index contributed by atoms with van der Waals surface area (Å²) in [5, 5.41) is 0.383. The maximum absolute atomic E-state index is 14.0. The Morgan fingerprint density at radius 3 is 2.81 bits per heavy atom. The molecule has 1 unspecified atom stereocenters. The minimum absolute atomic E-state index is 0. The lowest BCUT2D eigenvalue weighted by molar-refractivity contribution is -0.128. The molecule has 0 radical (unpaired) electrons. The normalized spacial score (nSPS) is 19.5. The van der Waals surface area contributed by atoms with Crippen LogP contribution in [0.4, 0.5) is 4.39 Å². The van der Waals surface area contributed by atoms with Crippen molar-refractivity contribution >= 4 is 35.9 Å². The Morgan fingerprint density at radius 1 is 1.37 bits per heavy atom. The molecule has 0 saturated heterocycles. The Hall–Kier alpha value is -2.18. The van der Waals surface area contributed by atoms with Gasteiger partial charge in [-0.2, -0.15) is 4.39 Å². The molecule has 3 rings (SSSR count). The predicted octanol–water partition coefficient (Wildman–Crippen LogP) is 3.83. The summed E-state index contributed by atoms with van der Waals surface area (Å²) in [5.74, 6) is -0.359. The van der Waals surface area contributed by atoms with Gasteiger partial charge >= 0.3 is 0 Å². The number of benzene rings is 1. The van der Waals surface area contributed by atoms with Gasteiger partial charge in [-0.15, -0.1) is 12.4 Å². The molecule has 0 saturated carbocycles. The van der Waals surface area contributed by atoms with Crippen LogP contribution in [0.3, 0.4) is 0 Å². The predicted molar refractivity (Wildman–Crippen MR) is 108 cm³/mol. The van der Waals surface area contributed by atoms with Gasteiger partial charge in [0.25, 0.3) is 0 Å². The van der Waals surface area contributed by atoms with Crippen LogP contribution in [-0.4, -0.2) is 34.3 Å². The molecule has 1 aromatic heterocycles. The Balaban J connectivity index is 0.00000261. The fourth-order valence-electron chi connectivity index (χ4n) is 3.04. The molecule has 0 fully saturated rings. The van der Waals surface area contributed by atoms with Crippen LogP contribution in [0.25, 0.3) is 11.1 Å². The molecule has 0 aliphatic carbocycles. The summed E-state index contributed by atoms with van der Waals surface area (Å²) >= 11 is 5.93. The van der Waals surface area contributed by atoms with Gasteiger partial charge in [-0.05, 0) is 37.0 Å². The van der Waals surface area contributed by atoms with Crippen LogP contribution in [0.2, 0.25) is 5.02 Å². The van der Waals surface area contributed by atoms with Crippen molar-refractivity contribution in [1.82, 2.24) is 9.88 Å². The third-order valence-corrected chi connectivity index (χ3v) is 4.84. The van der Waals surface area contributed by atoms with Crippen molar-refractivity contribution in [1.29, 1.82) is 0 Å². The van der Waals surface area contributed by atoms with E-state index in [9.17, 15) is 9.18 Å². The van der Waals surface area contributed by atoms with Crippen LogP contribution in [0, 0.1) is 5.95 Å². The Bertz CT molecular complexity index is 890. The van der Waals surface area contributed by atoms with E-state index >= 15 is 0 Å². The number of aliphatic imine (C=N–C) groups is 1. The van der Waals surface area contributed by atoms with Crippen molar-refractivity contribution in [3.05, 3.63) is 53.1 Å². The van der Waals surface area contributed by atoms with E-state index in [1.807, 2.05) is 31.2 Å². The zero-order valence-corrected chi connectivity index (χ0v) is 16.6. The second kappa shape index (κ2) is 8.23. The second-order valence-corrected chi connectivity index (χ2v) is 7.23. The molecule has 1 atom stereocenters. The van der Waals surface area contributed by atoms with Crippen molar-refractivity contribution in [3.8, 4) is 11.1 Å². The number of halogens is 3. The first-order valence-electron chi connectivity index (χ1n) is 8.30. The first-order valence-corrected chi connectivity index (χ1v) is 8.67. The summed E-state index contributed by atoms with van der Waals surface area (Å²) in [6.45, 7) is 1.93. The van der Waals surface area contributed by atoms with E-state index < -0.39 is 11.5 Å². The number of hydrogen-bond donors (Lipinski definition) is 1. The highest BCUT2D eigenvalue weighted by molar-refractivity contribution is 6.30. The standard InChI is InChI=1S/C19H20ClFN4O.ClH/c1-19(10-16(26)25(2)18(22)24-19)7-6-12-4-3-5-13(8-12)15-9-14(20)11-23-17(15)21;/h3-5,8-9,11H,6-7,10H2,1-2H3,(H2,22,24);1H. The van der Waals surface area contributed by atoms with E-state index in [0.29, 0.717) is 35.4 Å². The molecule has 0 spiro atoms. The maximum Gasteiger partial charge on any atom is 0.231 e. The van der Waals surface area contributed by atoms with Gasteiger partial charge in [0.05, 0.1) is 17.0 Å². The van der Waals surface area contributed by atoms with Gasteiger partial charge in [0.2, 0.25) is 11.9 Å². The van der Waals surface area contributed by atoms with E-state index in [0.717, 1.165) is 5.56 Å². The highest BCUT2D eigenvalue weighted by atomic mass is 35.5. The fourth-order valence-corrected chi connectivity index (χ4v) is 3.20. The van der Waals surface area contributed by atoms with E-state index in [-0.39, 0.29) is 24.3 Å². The van der Waals surface area contributed by atoms with Crippen molar-refractivity contribution in [2.45, 2.75) is 31.7 Å². The lowest BCUT2D eigenvalue weighted by atomic mass is 9.88. The summed E-state index contributed by atoms with van der Waals surface area (Å²) in [4.78, 5) is 21.6. The summed E-state index contributed by atoms with van der Waals surface area (Å²) in [6.07, 6.45) is 2.95. The molecule has 2 heterocycles. The number of amides is 1. The number of hydrogen-bond acceptors (Lipinski definition) is 4. The SMILES string of the molecule is CN1C(=O)CC(C)(CCc2cccc(-c3cc(Cl)cnc3F)c2)N=C1N.Cl. The largest absolute Gasteiger partial charge is 0.369 e. The molecule has 1 aliphatic heterocycles. The summed E-state index contributed by atoms with van der Waals surface area (Å²) in [5.41, 5.74) is 7.39. The van der Waals surface area contributed by atoms with Crippen LogP contribution < -0.4 is 5.73 Å². The molecular formula is C19H21Cl2FN4O. The van der Waals surface area contributed by atoms with Gasteiger partial charge in [-0.25, -0.2) is 9.98 Å². The molecule has 1 aliphatic rings. The summed E-state index contributed by atoms with van der Waals surface area (Å²) in [6, 6.07) is 9.11. The number of nitrogens with two attached hydrogens (primary N) is 1. The van der Waals surface area contributed by atoms with E-state index in [4.69, 9.17) is 17.3 Å². The van der Waals surface area contributed by atoms with Gasteiger partial charge in [0.1, 0.15) is 0 Å². The molecule has 8 heteroatoms. The lowest BCUT2D eigenvalue weighted by Gasteiger charge is -2.33. The van der Waals surface area contributed by atoms with Gasteiger partial charge in [-0.1, -0.05) is 35.9 Å². The number of aromatic nitrogens is 1. The molecule has 144 valence electrons. The van der Waals surface area contributed by atoms with E-state index in [2.05, 4.69) is 9.98 Å². The van der Waals surface area contributed by atoms with Crippen LogP contribution >= 0.6 is 24.0 Å². The van der Waals surface area contributed by atoms with Gasteiger partial charge in [0, 0.05) is 18.8 Å². The fraction of sp³-hybridized carbons (Fsp3) is 0.316. The van der Waals surface area contributed by atoms with Crippen molar-refractivity contribution in [2.75, 3.05) is 7.05 Å². The number of nitrogens with zero attached hydrogens (tertiary/aromatic N) is 3. The molecule has 2 N–H and O–H groups in total. The quantitative estimate of drug-likeness (QED) is 0.778. The second-order valence-electron chi connectivity index (χ2n) is 6.79. The number of pyridine rings is 1. The third-order valence-electron chi connectivity index (χ3n) is 4.63. The Morgan fingerprint density at radius 2 is 2.11 bits per heavy atom. The minimum Gasteiger partial charge on any atom is -0.369 e. The molecule has 2 aromatic rings. The van der Waals surface area contributed by atoms with Gasteiger partial charge in [-0.3, -0.25) is 9.69 Å². The average Bonchev–Trinajstić information content (AvgIpc) is 2.60. The molecule has 0 bridgehead atoms. The maximum atomic E-state index is 14.0. The summed E-state index contributed by atoms with van der Waals surface area (Å²) < 4.78 is 14.0. The monoisotopic (exact) mass is 410 g/mol. The number of carbonyl (C=O) groups excluding carboxylic acids is 1. The van der Waals surface area contributed by atoms with Crippen molar-refractivity contribution < 1.29 is 9.18 Å². The topological polar surface area (TPSA) is 71.6 Å². The highest BCUT2D eigenvalue weighted by Gasteiger charge is 2.34. The van der Waals surface area contributed by atoms with Crippen LogP contribution in [0.15, 0.2) is 41.5 Å². The van der Waals surface area contributed by atoms with Crippen LogP contribution in [0.1, 0.15) is 25.3 Å². The van der Waals surface area contributed by atoms with Gasteiger partial charge < -0.3 is 5.73 Å². The molecule has 1 aromatic carbocycles. The Labute approximate surface area is 168 Å². The molecule has 1 amide bonds. The van der Waals surface area contributed by atoms with Crippen molar-refractivity contribution in [2.24, 2.45) is 10.7 Å². The zero-order chi connectivity index (χ0) is 18.9. The van der Waals surface area contributed by atoms with Crippen LogP contribution in [-0.2, 0) is 11.2 Å². The number of carbonyl (C=O) groups is 1. The highest BCUT2D eigenvalue weighted by Crippen LogP contribution is 2.29. The number of rotatable bonds is 4. The van der Waals surface area contributed by atoms with Gasteiger partial charge in [0.15, 0.2) is 5.96 Å². The molecular weight excluding hydrogens is 390 g/mol. The molecule has 5 nitrogen and oxygen atoms in total. The summed E-state index contributed by atoms with van der Waals surface area (Å²) in [7, 11) is 1.62. The number of guanidine groups is 1. The van der Waals surface area contributed by atoms with E-state index in [1.54, 1.807) is 13.1 Å².